The number of rotatable bonds is 8. The van der Waals surface area contributed by atoms with Gasteiger partial charge >= 0.3 is 0 Å². The summed E-state index contributed by atoms with van der Waals surface area (Å²) in [6.07, 6.45) is 5.70. The number of aromatic nitrogens is 5. The summed E-state index contributed by atoms with van der Waals surface area (Å²) in [6.45, 7) is 4.84. The van der Waals surface area contributed by atoms with Gasteiger partial charge in [0.2, 0.25) is 5.91 Å². The van der Waals surface area contributed by atoms with Crippen LogP contribution in [0.15, 0.2) is 67.1 Å². The Kier molecular flexibility index (Phi) is 6.39. The van der Waals surface area contributed by atoms with E-state index in [4.69, 9.17) is 5.10 Å². The highest BCUT2D eigenvalue weighted by atomic mass is 19.1. The highest BCUT2D eigenvalue weighted by Crippen LogP contribution is 2.25. The first-order valence-electron chi connectivity index (χ1n) is 10.5. The second-order valence-corrected chi connectivity index (χ2v) is 7.75. The van der Waals surface area contributed by atoms with Crippen LogP contribution in [0.25, 0.3) is 22.6 Å². The third kappa shape index (κ3) is 5.08. The lowest BCUT2D eigenvalue weighted by atomic mass is 10.1. The monoisotopic (exact) mass is 432 g/mol. The molecule has 1 unspecified atom stereocenters. The summed E-state index contributed by atoms with van der Waals surface area (Å²) in [5.74, 6) is -0.338. The number of carbonyl (C=O) groups is 1. The molecule has 7 nitrogen and oxygen atoms in total. The lowest BCUT2D eigenvalue weighted by molar-refractivity contribution is -0.121. The van der Waals surface area contributed by atoms with E-state index in [0.29, 0.717) is 19.5 Å². The zero-order chi connectivity index (χ0) is 22.5. The molecule has 32 heavy (non-hydrogen) atoms. The maximum atomic E-state index is 13.3. The largest absolute Gasteiger partial charge is 0.354 e. The van der Waals surface area contributed by atoms with E-state index >= 15 is 0 Å². The molecule has 1 N–H and O–H groups in total. The Morgan fingerprint density at radius 3 is 2.66 bits per heavy atom. The standard InChI is InChI=1S/C24H25FN6O/c1-17-4-9-21(27-16-17)23-15-22(19-5-7-20(25)8-6-19)29-31(23)13-11-26-24(32)14-18(2)30-12-3-10-28-30/h3-10,12,15-16,18H,11,13-14H2,1-2H3,(H,26,32). The predicted octanol–water partition coefficient (Wildman–Crippen LogP) is 4.02. The number of pyridine rings is 1. The van der Waals surface area contributed by atoms with Crippen LogP contribution in [0.4, 0.5) is 4.39 Å². The average molecular weight is 433 g/mol. The number of carbonyl (C=O) groups excluding carboxylic acids is 1. The number of nitrogens with zero attached hydrogens (tertiary/aromatic N) is 5. The molecule has 4 rings (SSSR count). The summed E-state index contributed by atoms with van der Waals surface area (Å²) < 4.78 is 16.9. The van der Waals surface area contributed by atoms with Gasteiger partial charge in [-0.25, -0.2) is 4.39 Å². The summed E-state index contributed by atoms with van der Waals surface area (Å²) >= 11 is 0. The van der Waals surface area contributed by atoms with E-state index in [1.165, 1.54) is 12.1 Å². The van der Waals surface area contributed by atoms with Crippen LogP contribution < -0.4 is 5.32 Å². The molecule has 0 radical (unpaired) electrons. The van der Waals surface area contributed by atoms with Crippen LogP contribution in [0, 0.1) is 12.7 Å². The molecule has 0 saturated carbocycles. The number of halogens is 1. The molecule has 1 atom stereocenters. The summed E-state index contributed by atoms with van der Waals surface area (Å²) in [5.41, 5.74) is 4.23. The molecule has 0 fully saturated rings. The topological polar surface area (TPSA) is 77.6 Å². The van der Waals surface area contributed by atoms with Gasteiger partial charge in [0.05, 0.1) is 29.7 Å². The quantitative estimate of drug-likeness (QED) is 0.456. The van der Waals surface area contributed by atoms with Crippen LogP contribution in [-0.4, -0.2) is 37.0 Å². The van der Waals surface area contributed by atoms with Gasteiger partial charge in [0.15, 0.2) is 0 Å². The third-order valence-electron chi connectivity index (χ3n) is 5.20. The maximum Gasteiger partial charge on any atom is 0.222 e. The van der Waals surface area contributed by atoms with Crippen LogP contribution >= 0.6 is 0 Å². The molecule has 0 bridgehead atoms. The Hall–Kier alpha value is -3.81. The molecule has 3 aromatic heterocycles. The van der Waals surface area contributed by atoms with Crippen molar-refractivity contribution in [3.8, 4) is 22.6 Å². The second-order valence-electron chi connectivity index (χ2n) is 7.75. The SMILES string of the molecule is Cc1ccc(-c2cc(-c3ccc(F)cc3)nn2CCNC(=O)CC(C)n2cccn2)nc1. The Balaban J connectivity index is 1.48. The van der Waals surface area contributed by atoms with Crippen LogP contribution in [0.3, 0.4) is 0 Å². The molecule has 4 aromatic rings. The van der Waals surface area contributed by atoms with Crippen molar-refractivity contribution in [3.05, 3.63) is 78.5 Å². The van der Waals surface area contributed by atoms with Crippen LogP contribution in [-0.2, 0) is 11.3 Å². The molecule has 0 saturated heterocycles. The first kappa shape index (κ1) is 21.4. The van der Waals surface area contributed by atoms with Crippen molar-refractivity contribution in [3.63, 3.8) is 0 Å². The third-order valence-corrected chi connectivity index (χ3v) is 5.20. The normalized spacial score (nSPS) is 12.0. The summed E-state index contributed by atoms with van der Waals surface area (Å²) in [6, 6.07) is 13.9. The van der Waals surface area contributed by atoms with Gasteiger partial charge in [-0.05, 0) is 61.9 Å². The smallest absolute Gasteiger partial charge is 0.222 e. The van der Waals surface area contributed by atoms with Gasteiger partial charge in [-0.1, -0.05) is 6.07 Å². The highest BCUT2D eigenvalue weighted by Gasteiger charge is 2.14. The number of nitrogens with one attached hydrogen (secondary N) is 1. The van der Waals surface area contributed by atoms with Gasteiger partial charge < -0.3 is 5.32 Å². The predicted molar refractivity (Wildman–Crippen MR) is 120 cm³/mol. The molecule has 0 aliphatic rings. The summed E-state index contributed by atoms with van der Waals surface area (Å²) in [4.78, 5) is 16.9. The minimum Gasteiger partial charge on any atom is -0.354 e. The van der Waals surface area contributed by atoms with Crippen molar-refractivity contribution >= 4 is 5.91 Å². The molecule has 0 spiro atoms. The molecule has 0 aliphatic carbocycles. The number of hydrogen-bond acceptors (Lipinski definition) is 4. The van der Waals surface area contributed by atoms with Gasteiger partial charge in [-0.3, -0.25) is 19.1 Å². The molecule has 1 aromatic carbocycles. The minimum absolute atomic E-state index is 0.0212. The molecule has 0 aliphatic heterocycles. The van der Waals surface area contributed by atoms with Gasteiger partial charge in [-0.2, -0.15) is 10.2 Å². The summed E-state index contributed by atoms with van der Waals surface area (Å²) in [5, 5.41) is 11.8. The number of amides is 1. The van der Waals surface area contributed by atoms with Gasteiger partial charge in [0.25, 0.3) is 0 Å². The fourth-order valence-corrected chi connectivity index (χ4v) is 3.45. The zero-order valence-corrected chi connectivity index (χ0v) is 18.1. The summed E-state index contributed by atoms with van der Waals surface area (Å²) in [7, 11) is 0. The number of benzene rings is 1. The van der Waals surface area contributed by atoms with Gasteiger partial charge in [0.1, 0.15) is 5.82 Å². The zero-order valence-electron chi connectivity index (χ0n) is 18.1. The van der Waals surface area contributed by atoms with E-state index in [1.807, 2.05) is 55.2 Å². The molecular weight excluding hydrogens is 407 g/mol. The Labute approximate surface area is 185 Å². The van der Waals surface area contributed by atoms with Crippen molar-refractivity contribution < 1.29 is 9.18 Å². The lowest BCUT2D eigenvalue weighted by Crippen LogP contribution is -2.29. The number of aryl methyl sites for hydroxylation is 1. The van der Waals surface area contributed by atoms with Crippen molar-refractivity contribution in [1.82, 2.24) is 29.9 Å². The van der Waals surface area contributed by atoms with E-state index in [0.717, 1.165) is 28.2 Å². The molecule has 164 valence electrons. The van der Waals surface area contributed by atoms with Crippen LogP contribution in [0.2, 0.25) is 0 Å². The Morgan fingerprint density at radius 1 is 1.16 bits per heavy atom. The molecule has 8 heteroatoms. The van der Waals surface area contributed by atoms with Gasteiger partial charge in [0, 0.05) is 37.1 Å². The van der Waals surface area contributed by atoms with E-state index in [9.17, 15) is 9.18 Å². The molecule has 1 amide bonds. The first-order chi connectivity index (χ1) is 15.5. The average Bonchev–Trinajstić information content (AvgIpc) is 3.45. The van der Waals surface area contributed by atoms with E-state index < -0.39 is 0 Å². The van der Waals surface area contributed by atoms with Crippen molar-refractivity contribution in [2.75, 3.05) is 6.54 Å². The lowest BCUT2D eigenvalue weighted by Gasteiger charge is -2.13. The fraction of sp³-hybridized carbons (Fsp3) is 0.250. The molecule has 3 heterocycles. The molecular formula is C24H25FN6O. The van der Waals surface area contributed by atoms with Crippen LogP contribution in [0.5, 0.6) is 0 Å². The van der Waals surface area contributed by atoms with E-state index in [2.05, 4.69) is 15.4 Å². The van der Waals surface area contributed by atoms with Gasteiger partial charge in [-0.15, -0.1) is 0 Å². The first-order valence-corrected chi connectivity index (χ1v) is 10.5. The number of hydrogen-bond donors (Lipinski definition) is 1. The van der Waals surface area contributed by atoms with E-state index in [-0.39, 0.29) is 17.8 Å². The fourth-order valence-electron chi connectivity index (χ4n) is 3.45. The Morgan fingerprint density at radius 2 is 1.97 bits per heavy atom. The maximum absolute atomic E-state index is 13.3. The van der Waals surface area contributed by atoms with Crippen molar-refractivity contribution in [1.29, 1.82) is 0 Å². The highest BCUT2D eigenvalue weighted by molar-refractivity contribution is 5.76. The van der Waals surface area contributed by atoms with Crippen molar-refractivity contribution in [2.24, 2.45) is 0 Å². The van der Waals surface area contributed by atoms with Crippen molar-refractivity contribution in [2.45, 2.75) is 32.9 Å². The Bertz CT molecular complexity index is 1170. The second kappa shape index (κ2) is 9.55. The minimum atomic E-state index is -0.291. The van der Waals surface area contributed by atoms with E-state index in [1.54, 1.807) is 23.0 Å². The van der Waals surface area contributed by atoms with Crippen LogP contribution in [0.1, 0.15) is 24.9 Å².